The summed E-state index contributed by atoms with van der Waals surface area (Å²) in [6.07, 6.45) is 6.26. The first-order valence-corrected chi connectivity index (χ1v) is 11.1. The summed E-state index contributed by atoms with van der Waals surface area (Å²) in [5.41, 5.74) is 2.21. The zero-order valence-corrected chi connectivity index (χ0v) is 19.6. The zero-order chi connectivity index (χ0) is 22.0. The van der Waals surface area contributed by atoms with Gasteiger partial charge in [-0.05, 0) is 43.0 Å². The minimum atomic E-state index is -0.580. The summed E-state index contributed by atoms with van der Waals surface area (Å²) >= 11 is 4.73. The number of aromatic nitrogens is 2. The maximum atomic E-state index is 14.6. The SMILES string of the molecule is CNC(=O)Cn1ccc(/C=C2/CN(C(C(=O)C3CC3)c3ccccc3F)CCC2S)n1.Cl. The van der Waals surface area contributed by atoms with Gasteiger partial charge in [-0.2, -0.15) is 17.7 Å². The minimum Gasteiger partial charge on any atom is -0.358 e. The van der Waals surface area contributed by atoms with Crippen LogP contribution in [0.4, 0.5) is 4.39 Å². The maximum Gasteiger partial charge on any atom is 0.241 e. The van der Waals surface area contributed by atoms with Crippen LogP contribution in [-0.4, -0.2) is 51.8 Å². The molecule has 1 aliphatic carbocycles. The molecule has 1 saturated heterocycles. The van der Waals surface area contributed by atoms with E-state index >= 15 is 0 Å². The molecule has 32 heavy (non-hydrogen) atoms. The number of amides is 1. The van der Waals surface area contributed by atoms with Crippen molar-refractivity contribution >= 4 is 42.8 Å². The van der Waals surface area contributed by atoms with Gasteiger partial charge in [0, 0.05) is 43.1 Å². The molecule has 6 nitrogen and oxygen atoms in total. The van der Waals surface area contributed by atoms with Gasteiger partial charge in [-0.3, -0.25) is 19.2 Å². The molecule has 0 radical (unpaired) electrons. The molecular formula is C23H28ClFN4O2S. The Hall–Kier alpha value is -2.16. The lowest BCUT2D eigenvalue weighted by atomic mass is 9.93. The van der Waals surface area contributed by atoms with Crippen molar-refractivity contribution in [2.45, 2.75) is 37.1 Å². The Bertz CT molecular complexity index is 1010. The van der Waals surface area contributed by atoms with Crippen molar-refractivity contribution in [3.63, 3.8) is 0 Å². The fourth-order valence-corrected chi connectivity index (χ4v) is 4.30. The highest BCUT2D eigenvalue weighted by atomic mass is 35.5. The van der Waals surface area contributed by atoms with Crippen LogP contribution in [0.3, 0.4) is 0 Å². The highest BCUT2D eigenvalue weighted by molar-refractivity contribution is 7.81. The summed E-state index contributed by atoms with van der Waals surface area (Å²) in [6, 6.07) is 7.84. The third kappa shape index (κ3) is 5.60. The van der Waals surface area contributed by atoms with Gasteiger partial charge in [0.15, 0.2) is 5.78 Å². The van der Waals surface area contributed by atoms with Crippen LogP contribution in [0.2, 0.25) is 0 Å². The van der Waals surface area contributed by atoms with Crippen LogP contribution in [0.1, 0.15) is 36.6 Å². The highest BCUT2D eigenvalue weighted by Gasteiger charge is 2.40. The van der Waals surface area contributed by atoms with Gasteiger partial charge in [0.25, 0.3) is 0 Å². The number of nitrogens with one attached hydrogen (secondary N) is 1. The van der Waals surface area contributed by atoms with Crippen LogP contribution in [0.25, 0.3) is 6.08 Å². The van der Waals surface area contributed by atoms with Gasteiger partial charge in [0.1, 0.15) is 12.4 Å². The fraction of sp³-hybridized carbons (Fsp3) is 0.435. The van der Waals surface area contributed by atoms with E-state index < -0.39 is 6.04 Å². The van der Waals surface area contributed by atoms with Gasteiger partial charge < -0.3 is 5.32 Å². The largest absolute Gasteiger partial charge is 0.358 e. The van der Waals surface area contributed by atoms with Crippen molar-refractivity contribution in [3.8, 4) is 0 Å². The molecular weight excluding hydrogens is 451 g/mol. The molecule has 9 heteroatoms. The molecule has 2 fully saturated rings. The van der Waals surface area contributed by atoms with Crippen molar-refractivity contribution in [3.05, 3.63) is 59.2 Å². The van der Waals surface area contributed by atoms with Gasteiger partial charge in [0.2, 0.25) is 5.91 Å². The van der Waals surface area contributed by atoms with Gasteiger partial charge in [0.05, 0.1) is 11.7 Å². The first kappa shape index (κ1) is 24.5. The van der Waals surface area contributed by atoms with Gasteiger partial charge >= 0.3 is 0 Å². The summed E-state index contributed by atoms with van der Waals surface area (Å²) in [4.78, 5) is 26.8. The monoisotopic (exact) mass is 478 g/mol. The second-order valence-corrected chi connectivity index (χ2v) is 8.83. The van der Waals surface area contributed by atoms with E-state index in [-0.39, 0.29) is 47.6 Å². The smallest absolute Gasteiger partial charge is 0.241 e. The van der Waals surface area contributed by atoms with Crippen LogP contribution in [0, 0.1) is 11.7 Å². The number of likely N-dealkylation sites (N-methyl/N-ethyl adjacent to an activating group) is 1. The number of likely N-dealkylation sites (tertiary alicyclic amines) is 1. The Morgan fingerprint density at radius 1 is 1.28 bits per heavy atom. The number of halogens is 2. The van der Waals surface area contributed by atoms with Crippen molar-refractivity contribution in [2.24, 2.45) is 5.92 Å². The summed E-state index contributed by atoms with van der Waals surface area (Å²) in [5, 5.41) is 7.06. The lowest BCUT2D eigenvalue weighted by molar-refractivity contribution is -0.126. The molecule has 2 heterocycles. The zero-order valence-electron chi connectivity index (χ0n) is 17.9. The second-order valence-electron chi connectivity index (χ2n) is 8.21. The second kappa shape index (κ2) is 10.6. The van der Waals surface area contributed by atoms with Gasteiger partial charge in [-0.1, -0.05) is 18.2 Å². The number of Topliss-reactive ketones (excluding diaryl/α,β-unsaturated/α-hetero) is 1. The van der Waals surface area contributed by atoms with Crippen LogP contribution in [0.15, 0.2) is 42.1 Å². The Kier molecular flexibility index (Phi) is 8.14. The predicted octanol–water partition coefficient (Wildman–Crippen LogP) is 3.30. The Morgan fingerprint density at radius 2 is 2.03 bits per heavy atom. The van der Waals surface area contributed by atoms with Gasteiger partial charge in [-0.25, -0.2) is 4.39 Å². The fourth-order valence-electron chi connectivity index (χ4n) is 4.03. The number of hydrogen-bond donors (Lipinski definition) is 2. The van der Waals surface area contributed by atoms with E-state index in [1.165, 1.54) is 6.07 Å². The number of carbonyl (C=O) groups is 2. The maximum absolute atomic E-state index is 14.6. The van der Waals surface area contributed by atoms with E-state index in [0.717, 1.165) is 30.5 Å². The molecule has 0 bridgehead atoms. The third-order valence-electron chi connectivity index (χ3n) is 5.90. The van der Waals surface area contributed by atoms with Crippen molar-refractivity contribution in [2.75, 3.05) is 20.1 Å². The van der Waals surface area contributed by atoms with E-state index in [1.54, 1.807) is 36.1 Å². The van der Waals surface area contributed by atoms with E-state index in [1.807, 2.05) is 12.1 Å². The average molecular weight is 479 g/mol. The molecule has 1 aromatic carbocycles. The Labute approximate surface area is 199 Å². The quantitative estimate of drug-likeness (QED) is 0.599. The molecule has 172 valence electrons. The van der Waals surface area contributed by atoms with E-state index in [4.69, 9.17) is 12.6 Å². The van der Waals surface area contributed by atoms with Crippen molar-refractivity contribution in [1.82, 2.24) is 20.0 Å². The normalized spacial score (nSPS) is 21.1. The minimum absolute atomic E-state index is 0. The van der Waals surface area contributed by atoms with Crippen molar-refractivity contribution < 1.29 is 14.0 Å². The summed E-state index contributed by atoms with van der Waals surface area (Å²) < 4.78 is 16.2. The molecule has 1 amide bonds. The number of hydrogen-bond acceptors (Lipinski definition) is 5. The Morgan fingerprint density at radius 3 is 2.72 bits per heavy atom. The number of benzene rings is 1. The number of rotatable bonds is 7. The first-order valence-electron chi connectivity index (χ1n) is 10.6. The van der Waals surface area contributed by atoms with E-state index in [0.29, 0.717) is 18.7 Å². The summed E-state index contributed by atoms with van der Waals surface area (Å²) in [7, 11) is 1.59. The summed E-state index contributed by atoms with van der Waals surface area (Å²) in [5.74, 6) is -0.319. The number of ketones is 1. The molecule has 2 aliphatic rings. The molecule has 2 aromatic rings. The molecule has 4 rings (SSSR count). The summed E-state index contributed by atoms with van der Waals surface area (Å²) in [6.45, 7) is 1.35. The number of piperidine rings is 1. The predicted molar refractivity (Wildman–Crippen MR) is 127 cm³/mol. The molecule has 1 N–H and O–H groups in total. The lowest BCUT2D eigenvalue weighted by Crippen LogP contribution is -2.42. The molecule has 1 aliphatic heterocycles. The molecule has 1 aromatic heterocycles. The van der Waals surface area contributed by atoms with Gasteiger partial charge in [-0.15, -0.1) is 12.4 Å². The Balaban J connectivity index is 0.00000289. The standard InChI is InChI=1S/C23H27FN4O2S.ClH/c1-25-21(29)14-28-11-8-17(26-28)12-16-13-27(10-9-20(16)31)22(23(30)15-6-7-15)18-4-2-3-5-19(18)24;/h2-5,8,11-12,15,20,22,31H,6-7,9-10,13-14H2,1H3,(H,25,29);1H/b16-12-;. The van der Waals surface area contributed by atoms with Crippen LogP contribution >= 0.6 is 25.0 Å². The lowest BCUT2D eigenvalue weighted by Gasteiger charge is -2.37. The number of nitrogens with zero attached hydrogens (tertiary/aromatic N) is 3. The van der Waals surface area contributed by atoms with E-state index in [2.05, 4.69) is 15.3 Å². The number of thiol groups is 1. The average Bonchev–Trinajstić information content (AvgIpc) is 3.53. The van der Waals surface area contributed by atoms with Crippen LogP contribution in [0.5, 0.6) is 0 Å². The van der Waals surface area contributed by atoms with Crippen LogP contribution in [-0.2, 0) is 16.1 Å². The highest BCUT2D eigenvalue weighted by Crippen LogP contribution is 2.39. The molecule has 2 unspecified atom stereocenters. The molecule has 2 atom stereocenters. The topological polar surface area (TPSA) is 67.2 Å². The first-order chi connectivity index (χ1) is 15.0. The van der Waals surface area contributed by atoms with E-state index in [9.17, 15) is 14.0 Å². The number of carbonyl (C=O) groups excluding carboxylic acids is 2. The molecule has 0 spiro atoms. The molecule has 1 saturated carbocycles. The van der Waals surface area contributed by atoms with Crippen molar-refractivity contribution in [1.29, 1.82) is 0 Å². The third-order valence-corrected chi connectivity index (χ3v) is 6.49. The van der Waals surface area contributed by atoms with Crippen LogP contribution < -0.4 is 5.32 Å².